The van der Waals surface area contributed by atoms with Crippen LogP contribution < -0.4 is 10.1 Å². The number of fused-ring (bicyclic) bond motifs is 1. The fourth-order valence-corrected chi connectivity index (χ4v) is 3.71. The third kappa shape index (κ3) is 5.10. The predicted octanol–water partition coefficient (Wildman–Crippen LogP) is 2.93. The molecule has 0 radical (unpaired) electrons. The number of likely N-dealkylation sites (tertiary alicyclic amines) is 1. The molecule has 1 aliphatic rings. The van der Waals surface area contributed by atoms with Crippen molar-refractivity contribution in [1.29, 1.82) is 0 Å². The summed E-state index contributed by atoms with van der Waals surface area (Å²) in [7, 11) is 4.95. The first-order valence-electron chi connectivity index (χ1n) is 11.2. The molecule has 1 aliphatic heterocycles. The molecule has 1 N–H and O–H groups in total. The SMILES string of the molecule is COc1cc(C(=O)N2CC(OC)C2)ccc1Cc1ncc2ccnc(NCC(C)(C)OC)c2n1. The van der Waals surface area contributed by atoms with Crippen LogP contribution in [0.15, 0.2) is 36.7 Å². The van der Waals surface area contributed by atoms with Gasteiger partial charge in [-0.1, -0.05) is 6.07 Å². The number of aromatic nitrogens is 3. The van der Waals surface area contributed by atoms with Gasteiger partial charge in [0.2, 0.25) is 0 Å². The number of carbonyl (C=O) groups excluding carboxylic acids is 1. The van der Waals surface area contributed by atoms with Crippen LogP contribution in [0.2, 0.25) is 0 Å². The number of ether oxygens (including phenoxy) is 3. The molecule has 1 saturated heterocycles. The van der Waals surface area contributed by atoms with Crippen molar-refractivity contribution in [3.63, 3.8) is 0 Å². The Balaban J connectivity index is 1.54. The van der Waals surface area contributed by atoms with Crippen LogP contribution in [-0.2, 0) is 15.9 Å². The second-order valence-electron chi connectivity index (χ2n) is 8.97. The normalized spacial score (nSPS) is 14.2. The second kappa shape index (κ2) is 9.90. The summed E-state index contributed by atoms with van der Waals surface area (Å²) in [4.78, 5) is 28.3. The van der Waals surface area contributed by atoms with E-state index in [1.807, 2.05) is 32.0 Å². The van der Waals surface area contributed by atoms with Crippen molar-refractivity contribution in [2.45, 2.75) is 32.0 Å². The monoisotopic (exact) mass is 465 g/mol. The third-order valence-electron chi connectivity index (χ3n) is 6.13. The number of pyridine rings is 1. The number of rotatable bonds is 9. The van der Waals surface area contributed by atoms with E-state index in [1.165, 1.54) is 0 Å². The van der Waals surface area contributed by atoms with E-state index in [0.717, 1.165) is 16.5 Å². The zero-order valence-corrected chi connectivity index (χ0v) is 20.3. The lowest BCUT2D eigenvalue weighted by molar-refractivity contribution is -0.0192. The van der Waals surface area contributed by atoms with Crippen LogP contribution in [0.25, 0.3) is 10.9 Å². The highest BCUT2D eigenvalue weighted by atomic mass is 16.5. The number of amides is 1. The molecule has 1 fully saturated rings. The molecular weight excluding hydrogens is 434 g/mol. The van der Waals surface area contributed by atoms with Crippen molar-refractivity contribution < 1.29 is 19.0 Å². The minimum atomic E-state index is -0.340. The highest BCUT2D eigenvalue weighted by Gasteiger charge is 2.31. The van der Waals surface area contributed by atoms with E-state index in [-0.39, 0.29) is 17.6 Å². The van der Waals surface area contributed by atoms with Gasteiger partial charge in [-0.25, -0.2) is 15.0 Å². The van der Waals surface area contributed by atoms with Crippen LogP contribution >= 0.6 is 0 Å². The Labute approximate surface area is 199 Å². The predicted molar refractivity (Wildman–Crippen MR) is 129 cm³/mol. The molecule has 9 heteroatoms. The Morgan fingerprint density at radius 1 is 1.18 bits per heavy atom. The Kier molecular flexibility index (Phi) is 6.95. The number of benzene rings is 1. The van der Waals surface area contributed by atoms with Crippen LogP contribution in [-0.4, -0.2) is 78.4 Å². The molecule has 180 valence electrons. The fourth-order valence-electron chi connectivity index (χ4n) is 3.71. The molecule has 1 amide bonds. The number of nitrogens with zero attached hydrogens (tertiary/aromatic N) is 4. The zero-order valence-electron chi connectivity index (χ0n) is 20.3. The highest BCUT2D eigenvalue weighted by molar-refractivity contribution is 5.95. The van der Waals surface area contributed by atoms with Crippen molar-refractivity contribution in [2.24, 2.45) is 0 Å². The molecule has 4 rings (SSSR count). The largest absolute Gasteiger partial charge is 0.496 e. The number of hydrogen-bond acceptors (Lipinski definition) is 8. The first-order chi connectivity index (χ1) is 16.3. The van der Waals surface area contributed by atoms with Gasteiger partial charge >= 0.3 is 0 Å². The fraction of sp³-hybridized carbons (Fsp3) is 0.440. The smallest absolute Gasteiger partial charge is 0.254 e. The Bertz CT molecular complexity index is 1180. The lowest BCUT2D eigenvalue weighted by atomic mass is 10.0. The second-order valence-corrected chi connectivity index (χ2v) is 8.97. The third-order valence-corrected chi connectivity index (χ3v) is 6.13. The maximum atomic E-state index is 12.7. The van der Waals surface area contributed by atoms with Crippen molar-refractivity contribution in [2.75, 3.05) is 46.3 Å². The average molecular weight is 466 g/mol. The van der Waals surface area contributed by atoms with E-state index in [0.29, 0.717) is 49.0 Å². The molecular formula is C25H31N5O4. The van der Waals surface area contributed by atoms with Gasteiger partial charge in [-0.2, -0.15) is 0 Å². The van der Waals surface area contributed by atoms with Gasteiger partial charge in [0.15, 0.2) is 5.82 Å². The molecule has 3 aromatic rings. The molecule has 9 nitrogen and oxygen atoms in total. The van der Waals surface area contributed by atoms with Gasteiger partial charge < -0.3 is 24.4 Å². The van der Waals surface area contributed by atoms with Crippen LogP contribution in [0.1, 0.15) is 35.6 Å². The van der Waals surface area contributed by atoms with Gasteiger partial charge in [-0.3, -0.25) is 4.79 Å². The maximum Gasteiger partial charge on any atom is 0.254 e. The summed E-state index contributed by atoms with van der Waals surface area (Å²) >= 11 is 0. The summed E-state index contributed by atoms with van der Waals surface area (Å²) in [5.41, 5.74) is 1.89. The first kappa shape index (κ1) is 23.8. The summed E-state index contributed by atoms with van der Waals surface area (Å²) in [6.45, 7) is 5.81. The standard InChI is InChI=1S/C25H31N5O4/c1-25(2,34-5)15-28-23-22-18(8-9-26-23)12-27-21(29-22)11-16-6-7-17(10-20(16)33-4)24(31)30-13-19(14-30)32-3/h6-10,12,19H,11,13-15H2,1-5H3,(H,26,28). The number of carbonyl (C=O) groups is 1. The first-order valence-corrected chi connectivity index (χ1v) is 11.2. The zero-order chi connectivity index (χ0) is 24.3. The lowest BCUT2D eigenvalue weighted by Gasteiger charge is -2.38. The van der Waals surface area contributed by atoms with E-state index in [9.17, 15) is 4.79 Å². The van der Waals surface area contributed by atoms with Gasteiger partial charge in [-0.05, 0) is 32.0 Å². The lowest BCUT2D eigenvalue weighted by Crippen LogP contribution is -2.54. The molecule has 3 heterocycles. The van der Waals surface area contributed by atoms with Gasteiger partial charge in [-0.15, -0.1) is 0 Å². The number of nitrogens with one attached hydrogen (secondary N) is 1. The molecule has 34 heavy (non-hydrogen) atoms. The van der Waals surface area contributed by atoms with Crippen LogP contribution in [0, 0.1) is 0 Å². The number of anilines is 1. The van der Waals surface area contributed by atoms with Crippen LogP contribution in [0.3, 0.4) is 0 Å². The number of hydrogen-bond donors (Lipinski definition) is 1. The summed E-state index contributed by atoms with van der Waals surface area (Å²) in [5.74, 6) is 1.92. The highest BCUT2D eigenvalue weighted by Crippen LogP contribution is 2.26. The Morgan fingerprint density at radius 2 is 1.97 bits per heavy atom. The minimum absolute atomic E-state index is 0.0270. The molecule has 0 atom stereocenters. The molecule has 1 aromatic carbocycles. The van der Waals surface area contributed by atoms with Crippen molar-refractivity contribution >= 4 is 22.6 Å². The van der Waals surface area contributed by atoms with Crippen LogP contribution in [0.5, 0.6) is 5.75 Å². The molecule has 0 saturated carbocycles. The average Bonchev–Trinajstić information content (AvgIpc) is 2.82. The van der Waals surface area contributed by atoms with E-state index >= 15 is 0 Å². The topological polar surface area (TPSA) is 98.7 Å². The summed E-state index contributed by atoms with van der Waals surface area (Å²) in [5, 5.41) is 4.24. The quantitative estimate of drug-likeness (QED) is 0.515. The van der Waals surface area contributed by atoms with Crippen molar-refractivity contribution in [3.05, 3.63) is 53.6 Å². The minimum Gasteiger partial charge on any atom is -0.496 e. The van der Waals surface area contributed by atoms with Crippen molar-refractivity contribution in [1.82, 2.24) is 19.9 Å². The molecule has 2 aromatic heterocycles. The van der Waals surface area contributed by atoms with Gasteiger partial charge in [0.1, 0.15) is 17.1 Å². The molecule has 0 bridgehead atoms. The van der Waals surface area contributed by atoms with Gasteiger partial charge in [0.05, 0.1) is 18.8 Å². The van der Waals surface area contributed by atoms with Crippen molar-refractivity contribution in [3.8, 4) is 5.75 Å². The molecule has 0 unspecified atom stereocenters. The van der Waals surface area contributed by atoms with E-state index in [2.05, 4.69) is 15.3 Å². The van der Waals surface area contributed by atoms with Gasteiger partial charge in [0.25, 0.3) is 5.91 Å². The van der Waals surface area contributed by atoms with Gasteiger partial charge in [0, 0.05) is 69.2 Å². The summed E-state index contributed by atoms with van der Waals surface area (Å²) in [6.07, 6.45) is 4.11. The van der Waals surface area contributed by atoms with E-state index in [1.54, 1.807) is 44.7 Å². The van der Waals surface area contributed by atoms with E-state index in [4.69, 9.17) is 19.2 Å². The molecule has 0 aliphatic carbocycles. The number of methoxy groups -OCH3 is 3. The Hall–Kier alpha value is -3.30. The Morgan fingerprint density at radius 3 is 2.68 bits per heavy atom. The van der Waals surface area contributed by atoms with Crippen LogP contribution in [0.4, 0.5) is 5.82 Å². The molecule has 0 spiro atoms. The summed E-state index contributed by atoms with van der Waals surface area (Å²) in [6, 6.07) is 7.39. The van der Waals surface area contributed by atoms with E-state index < -0.39 is 0 Å². The summed E-state index contributed by atoms with van der Waals surface area (Å²) < 4.78 is 16.3. The maximum absolute atomic E-state index is 12.7.